The summed E-state index contributed by atoms with van der Waals surface area (Å²) >= 11 is 0. The summed E-state index contributed by atoms with van der Waals surface area (Å²) in [6.07, 6.45) is 0. The van der Waals surface area contributed by atoms with Crippen LogP contribution in [-0.2, 0) is 41.9 Å². The Morgan fingerprint density at radius 3 is 1.00 bits per heavy atom. The fourth-order valence-corrected chi connectivity index (χ4v) is 0. The van der Waals surface area contributed by atoms with Gasteiger partial charge in [0.15, 0.2) is 17.4 Å². The Morgan fingerprint density at radius 1 is 1.00 bits per heavy atom. The minimum absolute atomic E-state index is 0. The molecule has 0 aliphatic carbocycles. The second-order valence-electron chi connectivity index (χ2n) is 0. The van der Waals surface area contributed by atoms with Crippen LogP contribution in [0.3, 0.4) is 0 Å². The van der Waals surface area contributed by atoms with E-state index in [4.69, 9.17) is 0 Å². The third-order valence-electron chi connectivity index (χ3n) is 0. The third kappa shape index (κ3) is 9.13. The summed E-state index contributed by atoms with van der Waals surface area (Å²) < 4.78 is 0. The molecule has 0 fully saturated rings. The zero-order valence-corrected chi connectivity index (χ0v) is 5.96. The van der Waals surface area contributed by atoms with E-state index in [2.05, 4.69) is 0 Å². The smallest absolute Gasteiger partial charge is 0.187 e. The predicted molar refractivity (Wildman–Crippen MR) is 13.6 cm³/mol. The SMILES string of the molecule is O.[Ag].[AlH3].[Zn]. The molecule has 27 valence electrons. The van der Waals surface area contributed by atoms with Crippen LogP contribution in [0.4, 0.5) is 0 Å². The maximum Gasteiger partial charge on any atom is 0.187 e. The first-order chi connectivity index (χ1) is 0. The van der Waals surface area contributed by atoms with Crippen LogP contribution in [0.15, 0.2) is 0 Å². The van der Waals surface area contributed by atoms with E-state index in [9.17, 15) is 0 Å². The van der Waals surface area contributed by atoms with Crippen LogP contribution in [0.1, 0.15) is 0 Å². The van der Waals surface area contributed by atoms with Crippen LogP contribution in [0.5, 0.6) is 0 Å². The van der Waals surface area contributed by atoms with Gasteiger partial charge in [0.2, 0.25) is 0 Å². The molecule has 0 rings (SSSR count). The van der Waals surface area contributed by atoms with Crippen molar-refractivity contribution in [2.24, 2.45) is 0 Å². The van der Waals surface area contributed by atoms with E-state index in [1.54, 1.807) is 0 Å². The summed E-state index contributed by atoms with van der Waals surface area (Å²) in [7, 11) is 0. The molecule has 2 N–H and O–H groups in total. The van der Waals surface area contributed by atoms with Crippen molar-refractivity contribution in [3.63, 3.8) is 0 Å². The molecule has 0 saturated heterocycles. The fraction of sp³-hybridized carbons (Fsp3) is 0. The van der Waals surface area contributed by atoms with Crippen LogP contribution in [-0.4, -0.2) is 22.8 Å². The van der Waals surface area contributed by atoms with Gasteiger partial charge in [-0.2, -0.15) is 0 Å². The van der Waals surface area contributed by atoms with Gasteiger partial charge in [-0.05, 0) is 0 Å². The van der Waals surface area contributed by atoms with Gasteiger partial charge in [-0.1, -0.05) is 0 Å². The summed E-state index contributed by atoms with van der Waals surface area (Å²) in [6, 6.07) is 0. The minimum atomic E-state index is 0. The summed E-state index contributed by atoms with van der Waals surface area (Å²) in [4.78, 5) is 0. The van der Waals surface area contributed by atoms with Crippen LogP contribution in [0, 0.1) is 0 Å². The van der Waals surface area contributed by atoms with Gasteiger partial charge in [0, 0.05) is 41.9 Å². The quantitative estimate of drug-likeness (QED) is 0.423. The van der Waals surface area contributed by atoms with Crippen molar-refractivity contribution in [2.75, 3.05) is 0 Å². The number of rotatable bonds is 0. The Kier molecular flexibility index (Phi) is 210. The normalized spacial score (nSPS) is 0. The molecule has 0 saturated carbocycles. The molecule has 1 nitrogen and oxygen atoms in total. The molecule has 0 heterocycles. The molecule has 0 aliphatic rings. The molecule has 0 atom stereocenters. The summed E-state index contributed by atoms with van der Waals surface area (Å²) in [5.41, 5.74) is 0. The van der Waals surface area contributed by atoms with E-state index in [0.29, 0.717) is 0 Å². The minimum Gasteiger partial charge on any atom is -0.412 e. The molecule has 0 aromatic rings. The topological polar surface area (TPSA) is 31.5 Å². The molecular formula is H5AgAlOZn. The third-order valence-corrected chi connectivity index (χ3v) is 0. The van der Waals surface area contributed by atoms with Gasteiger partial charge in [0.05, 0.1) is 0 Å². The molecule has 0 aromatic carbocycles. The molecule has 4 heteroatoms. The average Bonchev–Trinajstić information content (AvgIpc) is 0. The van der Waals surface area contributed by atoms with Crippen molar-refractivity contribution in [1.82, 2.24) is 0 Å². The van der Waals surface area contributed by atoms with Crippen molar-refractivity contribution in [3.05, 3.63) is 0 Å². The van der Waals surface area contributed by atoms with E-state index in [0.717, 1.165) is 0 Å². The standard InChI is InChI=1S/Ag.Al.H2O.Zn.3H/h;;1H2;;;;. The van der Waals surface area contributed by atoms with Gasteiger partial charge in [0.1, 0.15) is 0 Å². The summed E-state index contributed by atoms with van der Waals surface area (Å²) in [5, 5.41) is 0. The van der Waals surface area contributed by atoms with E-state index >= 15 is 0 Å². The van der Waals surface area contributed by atoms with Crippen LogP contribution in [0.2, 0.25) is 0 Å². The van der Waals surface area contributed by atoms with Crippen LogP contribution in [0.25, 0.3) is 0 Å². The van der Waals surface area contributed by atoms with Crippen molar-refractivity contribution in [1.29, 1.82) is 0 Å². The molecule has 0 spiro atoms. The van der Waals surface area contributed by atoms with E-state index in [1.165, 1.54) is 0 Å². The van der Waals surface area contributed by atoms with Gasteiger partial charge in [-0.25, -0.2) is 0 Å². The molecule has 0 amide bonds. The Bertz CT molecular complexity index is 8.00. The second kappa shape index (κ2) is 21.0. The largest absolute Gasteiger partial charge is 0.412 e. The first-order valence-corrected chi connectivity index (χ1v) is 0. The first-order valence-electron chi connectivity index (χ1n) is 0. The van der Waals surface area contributed by atoms with Crippen molar-refractivity contribution < 1.29 is 47.3 Å². The summed E-state index contributed by atoms with van der Waals surface area (Å²) in [5.74, 6) is 0. The molecule has 4 heavy (non-hydrogen) atoms. The maximum atomic E-state index is 0. The van der Waals surface area contributed by atoms with Gasteiger partial charge >= 0.3 is 0 Å². The molecule has 0 aliphatic heterocycles. The van der Waals surface area contributed by atoms with Crippen molar-refractivity contribution in [3.8, 4) is 0 Å². The summed E-state index contributed by atoms with van der Waals surface area (Å²) in [6.45, 7) is 0. The Morgan fingerprint density at radius 2 is 1.00 bits per heavy atom. The Hall–Kier alpha value is 1.86. The van der Waals surface area contributed by atoms with Crippen molar-refractivity contribution >= 4 is 17.4 Å². The monoisotopic (exact) mass is 219 g/mol. The van der Waals surface area contributed by atoms with Gasteiger partial charge in [-0.3, -0.25) is 0 Å². The zero-order chi connectivity index (χ0) is 0. The second-order valence-corrected chi connectivity index (χ2v) is 0. The van der Waals surface area contributed by atoms with Crippen LogP contribution < -0.4 is 0 Å². The Balaban J connectivity index is 0. The molecule has 1 radical (unpaired) electrons. The van der Waals surface area contributed by atoms with Crippen LogP contribution >= 0.6 is 0 Å². The Labute approximate surface area is 64.2 Å². The molecule has 0 aromatic heterocycles. The fourth-order valence-electron chi connectivity index (χ4n) is 0. The first kappa shape index (κ1) is 40.1. The van der Waals surface area contributed by atoms with Gasteiger partial charge in [0.25, 0.3) is 0 Å². The van der Waals surface area contributed by atoms with Crippen molar-refractivity contribution in [2.45, 2.75) is 0 Å². The predicted octanol–water partition coefficient (Wildman–Crippen LogP) is -2.01. The van der Waals surface area contributed by atoms with E-state index < -0.39 is 0 Å². The van der Waals surface area contributed by atoms with E-state index in [-0.39, 0.29) is 64.7 Å². The average molecular weight is 221 g/mol. The molecular weight excluding hydrogens is 216 g/mol. The van der Waals surface area contributed by atoms with Gasteiger partial charge < -0.3 is 5.48 Å². The number of hydrogen-bond donors (Lipinski definition) is 0. The molecule has 0 unspecified atom stereocenters. The molecule has 0 bridgehead atoms. The number of hydrogen-bond acceptors (Lipinski definition) is 0. The van der Waals surface area contributed by atoms with Gasteiger partial charge in [-0.15, -0.1) is 0 Å². The zero-order valence-electron chi connectivity index (χ0n) is 1.51. The maximum absolute atomic E-state index is 0. The van der Waals surface area contributed by atoms with E-state index in [1.807, 2.05) is 0 Å².